The molecule has 1 unspecified atom stereocenters. The van der Waals surface area contributed by atoms with Gasteiger partial charge in [0.2, 0.25) is 10.0 Å². The molecule has 13 nitrogen and oxygen atoms in total. The first-order valence-corrected chi connectivity index (χ1v) is 14.3. The maximum atomic E-state index is 13.4. The first-order valence-electron chi connectivity index (χ1n) is 12.4. The molecule has 3 aliphatic rings. The smallest absolute Gasteiger partial charge is 0.260 e. The van der Waals surface area contributed by atoms with Crippen molar-refractivity contribution >= 4 is 39.0 Å². The molecule has 0 bridgehead atoms. The highest BCUT2D eigenvalue weighted by molar-refractivity contribution is 7.92. The van der Waals surface area contributed by atoms with E-state index in [4.69, 9.17) is 10.5 Å². The van der Waals surface area contributed by atoms with Crippen molar-refractivity contribution in [1.29, 1.82) is 5.26 Å². The molecule has 4 N–H and O–H groups in total. The molecule has 1 aliphatic carbocycles. The van der Waals surface area contributed by atoms with Crippen molar-refractivity contribution in [3.63, 3.8) is 0 Å². The monoisotopic (exact) mass is 550 g/mol. The van der Waals surface area contributed by atoms with Gasteiger partial charge in [-0.05, 0) is 49.4 Å². The van der Waals surface area contributed by atoms with Crippen LogP contribution in [0.1, 0.15) is 46.0 Å². The van der Waals surface area contributed by atoms with E-state index < -0.39 is 21.5 Å². The van der Waals surface area contributed by atoms with E-state index >= 15 is 0 Å². The minimum absolute atomic E-state index is 0.00799. The zero-order chi connectivity index (χ0) is 27.7. The van der Waals surface area contributed by atoms with Gasteiger partial charge < -0.3 is 20.7 Å². The van der Waals surface area contributed by atoms with Crippen LogP contribution < -0.4 is 15.8 Å². The van der Waals surface area contributed by atoms with E-state index in [0.717, 1.165) is 19.1 Å². The average Bonchev–Trinajstić information content (AvgIpc) is 3.57. The number of nitrogens with one attached hydrogen (secondary N) is 2. The van der Waals surface area contributed by atoms with Crippen molar-refractivity contribution < 1.29 is 22.7 Å². The molecule has 2 fully saturated rings. The van der Waals surface area contributed by atoms with Gasteiger partial charge in [0.1, 0.15) is 5.56 Å². The molecule has 0 spiro atoms. The molecular weight excluding hydrogens is 524 g/mol. The fourth-order valence-corrected chi connectivity index (χ4v) is 5.70. The lowest BCUT2D eigenvalue weighted by Crippen LogP contribution is -2.61. The standard InChI is InChI=1S/C25H26N8O5S/c1-13(14-3-4-14)32-9-16-7-15(8-18(19(16)24(32)35)31-39(2,36)37)17-5-6-33-22(28-17)20(21(27)30-33)23(34)29-25(10-26)11-38-12-25/h5-8,13-14,31H,3-4,9,11-12H2,1-2H3,(H2,27,30)(H,29,34). The van der Waals surface area contributed by atoms with Crippen LogP contribution in [-0.4, -0.2) is 70.8 Å². The summed E-state index contributed by atoms with van der Waals surface area (Å²) in [4.78, 5) is 32.9. The molecule has 1 saturated carbocycles. The van der Waals surface area contributed by atoms with Crippen LogP contribution in [0.5, 0.6) is 0 Å². The summed E-state index contributed by atoms with van der Waals surface area (Å²) in [5, 5.41) is 16.3. The fourth-order valence-electron chi connectivity index (χ4n) is 5.14. The molecule has 2 amide bonds. The van der Waals surface area contributed by atoms with Crippen molar-refractivity contribution in [2.45, 2.75) is 37.9 Å². The summed E-state index contributed by atoms with van der Waals surface area (Å²) in [6.45, 7) is 2.50. The van der Waals surface area contributed by atoms with Gasteiger partial charge in [-0.25, -0.2) is 17.9 Å². The van der Waals surface area contributed by atoms with Crippen LogP contribution in [0.25, 0.3) is 16.9 Å². The Balaban J connectivity index is 1.42. The Hall–Kier alpha value is -4.22. The van der Waals surface area contributed by atoms with Gasteiger partial charge in [-0.15, -0.1) is 5.10 Å². The second-order valence-electron chi connectivity index (χ2n) is 10.4. The number of amides is 2. The van der Waals surface area contributed by atoms with Crippen molar-refractivity contribution in [3.8, 4) is 17.3 Å². The van der Waals surface area contributed by atoms with Gasteiger partial charge in [0, 0.05) is 24.3 Å². The van der Waals surface area contributed by atoms with Gasteiger partial charge in [-0.3, -0.25) is 14.3 Å². The molecule has 202 valence electrons. The van der Waals surface area contributed by atoms with E-state index in [-0.39, 0.29) is 47.9 Å². The number of hydrogen-bond donors (Lipinski definition) is 3. The third kappa shape index (κ3) is 4.33. The number of ether oxygens (including phenoxy) is 1. The Morgan fingerprint density at radius 1 is 1.33 bits per heavy atom. The molecule has 1 aromatic carbocycles. The number of anilines is 2. The quantitative estimate of drug-likeness (QED) is 0.388. The molecule has 1 saturated heterocycles. The molecule has 2 aromatic heterocycles. The Labute approximate surface area is 224 Å². The van der Waals surface area contributed by atoms with Crippen LogP contribution in [0.15, 0.2) is 24.4 Å². The normalized spacial score (nSPS) is 18.8. The SMILES string of the molecule is CC(C1CC1)N1Cc2cc(-c3ccn4nc(N)c(C(=O)NC5(C#N)COC5)c4n3)cc(NS(C)(=O)=O)c2C1=O. The van der Waals surface area contributed by atoms with E-state index in [0.29, 0.717) is 34.8 Å². The maximum Gasteiger partial charge on any atom is 0.260 e. The molecule has 0 radical (unpaired) electrons. The number of aromatic nitrogens is 3. The highest BCUT2D eigenvalue weighted by atomic mass is 32.2. The van der Waals surface area contributed by atoms with E-state index in [1.807, 2.05) is 13.0 Å². The Morgan fingerprint density at radius 2 is 2.08 bits per heavy atom. The molecular formula is C25H26N8O5S. The van der Waals surface area contributed by atoms with Gasteiger partial charge in [0.05, 0.1) is 42.5 Å². The van der Waals surface area contributed by atoms with Crippen LogP contribution in [0.3, 0.4) is 0 Å². The molecule has 14 heteroatoms. The summed E-state index contributed by atoms with van der Waals surface area (Å²) < 4.78 is 33.3. The second kappa shape index (κ2) is 8.65. The zero-order valence-electron chi connectivity index (χ0n) is 21.3. The van der Waals surface area contributed by atoms with Crippen molar-refractivity contribution in [2.24, 2.45) is 5.92 Å². The molecule has 3 aromatic rings. The lowest BCUT2D eigenvalue weighted by molar-refractivity contribution is -0.0397. The largest absolute Gasteiger partial charge is 0.381 e. The highest BCUT2D eigenvalue weighted by Gasteiger charge is 2.42. The van der Waals surface area contributed by atoms with E-state index in [1.165, 1.54) is 4.52 Å². The number of sulfonamides is 1. The van der Waals surface area contributed by atoms with Crippen molar-refractivity contribution in [3.05, 3.63) is 41.1 Å². The number of nitrogens with two attached hydrogens (primary N) is 1. The Bertz CT molecular complexity index is 1700. The van der Waals surface area contributed by atoms with E-state index in [9.17, 15) is 23.3 Å². The Kier molecular flexibility index (Phi) is 5.56. The van der Waals surface area contributed by atoms with E-state index in [2.05, 4.69) is 26.2 Å². The van der Waals surface area contributed by atoms with Crippen LogP contribution in [-0.2, 0) is 21.3 Å². The number of nitriles is 1. The molecule has 6 rings (SSSR count). The number of carbonyl (C=O) groups excluding carboxylic acids is 2. The number of benzene rings is 1. The first-order chi connectivity index (χ1) is 18.5. The average molecular weight is 551 g/mol. The summed E-state index contributed by atoms with van der Waals surface area (Å²) in [5.74, 6) is -0.434. The highest BCUT2D eigenvalue weighted by Crippen LogP contribution is 2.41. The van der Waals surface area contributed by atoms with Crippen LogP contribution in [0, 0.1) is 17.2 Å². The van der Waals surface area contributed by atoms with Crippen LogP contribution in [0.2, 0.25) is 0 Å². The number of carbonyl (C=O) groups is 2. The third-order valence-corrected chi connectivity index (χ3v) is 8.02. The lowest BCUT2D eigenvalue weighted by Gasteiger charge is -2.35. The van der Waals surface area contributed by atoms with Crippen molar-refractivity contribution in [2.75, 3.05) is 29.9 Å². The van der Waals surface area contributed by atoms with Gasteiger partial charge in [-0.2, -0.15) is 5.26 Å². The molecule has 1 atom stereocenters. The summed E-state index contributed by atoms with van der Waals surface area (Å²) in [5.41, 5.74) is 7.23. The van der Waals surface area contributed by atoms with E-state index in [1.54, 1.807) is 23.2 Å². The number of hydrogen-bond acceptors (Lipinski definition) is 9. The summed E-state index contributed by atoms with van der Waals surface area (Å²) in [6, 6.07) is 7.14. The number of fused-ring (bicyclic) bond motifs is 2. The summed E-state index contributed by atoms with van der Waals surface area (Å²) in [6.07, 6.45) is 4.75. The van der Waals surface area contributed by atoms with Gasteiger partial charge in [-0.1, -0.05) is 0 Å². The number of nitrogen functional groups attached to an aromatic ring is 1. The first kappa shape index (κ1) is 25.1. The number of rotatable bonds is 7. The topological polar surface area (TPSA) is 185 Å². The zero-order valence-corrected chi connectivity index (χ0v) is 22.1. The second-order valence-corrected chi connectivity index (χ2v) is 12.2. The van der Waals surface area contributed by atoms with Crippen molar-refractivity contribution in [1.82, 2.24) is 24.8 Å². The lowest BCUT2D eigenvalue weighted by atomic mass is 9.99. The van der Waals surface area contributed by atoms with Gasteiger partial charge in [0.25, 0.3) is 11.8 Å². The third-order valence-electron chi connectivity index (χ3n) is 7.43. The maximum absolute atomic E-state index is 13.4. The molecule has 2 aliphatic heterocycles. The fraction of sp³-hybridized carbons (Fsp3) is 0.400. The summed E-state index contributed by atoms with van der Waals surface area (Å²) >= 11 is 0. The van der Waals surface area contributed by atoms with Crippen LogP contribution >= 0.6 is 0 Å². The summed E-state index contributed by atoms with van der Waals surface area (Å²) in [7, 11) is -3.69. The molecule has 4 heterocycles. The minimum atomic E-state index is -3.69. The number of nitrogens with zero attached hydrogens (tertiary/aromatic N) is 5. The van der Waals surface area contributed by atoms with Gasteiger partial charge >= 0.3 is 0 Å². The minimum Gasteiger partial charge on any atom is -0.381 e. The Morgan fingerprint density at radius 3 is 2.69 bits per heavy atom. The predicted molar refractivity (Wildman–Crippen MR) is 140 cm³/mol. The predicted octanol–water partition coefficient (Wildman–Crippen LogP) is 1.13. The molecule has 39 heavy (non-hydrogen) atoms. The van der Waals surface area contributed by atoms with Gasteiger partial charge in [0.15, 0.2) is 17.0 Å². The van der Waals surface area contributed by atoms with Crippen LogP contribution in [0.4, 0.5) is 11.5 Å².